The first-order valence-electron chi connectivity index (χ1n) is 9.53. The summed E-state index contributed by atoms with van der Waals surface area (Å²) in [4.78, 5) is 23.8. The standard InChI is InChI=1S/C19H26N2O5S/c22-18(14-26-19(23)15-6-5-7-15)20-16-8-10-17(11-9-16)27(24,25)21-12-3-1-2-4-13-21/h8-11,15H,1-7,12-14H2,(H,20,22). The van der Waals surface area contributed by atoms with Crippen molar-refractivity contribution in [1.82, 2.24) is 4.31 Å². The molecule has 148 valence electrons. The molecule has 0 atom stereocenters. The van der Waals surface area contributed by atoms with Crippen LogP contribution in [0.3, 0.4) is 0 Å². The Balaban J connectivity index is 1.54. The second kappa shape index (κ2) is 8.84. The lowest BCUT2D eigenvalue weighted by atomic mass is 9.86. The second-order valence-corrected chi connectivity index (χ2v) is 9.06. The molecule has 8 heteroatoms. The number of carbonyl (C=O) groups excluding carboxylic acids is 2. The number of nitrogens with one attached hydrogen (secondary N) is 1. The maximum Gasteiger partial charge on any atom is 0.309 e. The smallest absolute Gasteiger partial charge is 0.309 e. The van der Waals surface area contributed by atoms with Crippen LogP contribution in [0.25, 0.3) is 0 Å². The van der Waals surface area contributed by atoms with Crippen molar-refractivity contribution in [2.45, 2.75) is 49.8 Å². The van der Waals surface area contributed by atoms with Crippen molar-refractivity contribution in [3.05, 3.63) is 24.3 Å². The fourth-order valence-electron chi connectivity index (χ4n) is 3.24. The van der Waals surface area contributed by atoms with Gasteiger partial charge in [0.25, 0.3) is 5.91 Å². The van der Waals surface area contributed by atoms with Gasteiger partial charge in [-0.15, -0.1) is 0 Å². The summed E-state index contributed by atoms with van der Waals surface area (Å²) >= 11 is 0. The number of esters is 1. The highest BCUT2D eigenvalue weighted by molar-refractivity contribution is 7.89. The van der Waals surface area contributed by atoms with Crippen LogP contribution in [-0.4, -0.2) is 44.3 Å². The summed E-state index contributed by atoms with van der Waals surface area (Å²) in [5, 5.41) is 2.62. The number of rotatable bonds is 6. The number of carbonyl (C=O) groups is 2. The molecule has 0 radical (unpaired) electrons. The van der Waals surface area contributed by atoms with E-state index in [0.29, 0.717) is 18.8 Å². The third-order valence-electron chi connectivity index (χ3n) is 5.12. The molecule has 0 aromatic heterocycles. The molecule has 0 unspecified atom stereocenters. The van der Waals surface area contributed by atoms with Crippen LogP contribution in [0.2, 0.25) is 0 Å². The highest BCUT2D eigenvalue weighted by Gasteiger charge is 2.27. The summed E-state index contributed by atoms with van der Waals surface area (Å²) < 4.78 is 32.0. The van der Waals surface area contributed by atoms with Crippen LogP contribution < -0.4 is 5.32 Å². The number of anilines is 1. The Labute approximate surface area is 160 Å². The highest BCUT2D eigenvalue weighted by atomic mass is 32.2. The Morgan fingerprint density at radius 1 is 1.00 bits per heavy atom. The maximum atomic E-state index is 12.7. The Hall–Kier alpha value is -1.93. The Morgan fingerprint density at radius 2 is 1.63 bits per heavy atom. The first kappa shape index (κ1) is 19.8. The van der Waals surface area contributed by atoms with E-state index in [-0.39, 0.29) is 23.4 Å². The van der Waals surface area contributed by atoms with Gasteiger partial charge in [-0.05, 0) is 49.9 Å². The van der Waals surface area contributed by atoms with E-state index < -0.39 is 15.9 Å². The number of nitrogens with zero attached hydrogens (tertiary/aromatic N) is 1. The minimum atomic E-state index is -3.51. The van der Waals surface area contributed by atoms with Gasteiger partial charge < -0.3 is 10.1 Å². The molecule has 1 saturated carbocycles. The Kier molecular flexibility index (Phi) is 6.49. The molecule has 1 aromatic rings. The topological polar surface area (TPSA) is 92.8 Å². The predicted octanol–water partition coefficient (Wildman–Crippen LogP) is 2.53. The fourth-order valence-corrected chi connectivity index (χ4v) is 4.75. The van der Waals surface area contributed by atoms with Gasteiger partial charge in [-0.3, -0.25) is 9.59 Å². The normalized spacial score (nSPS) is 19.0. The van der Waals surface area contributed by atoms with Crippen LogP contribution >= 0.6 is 0 Å². The van der Waals surface area contributed by atoms with E-state index in [2.05, 4.69) is 5.32 Å². The lowest BCUT2D eigenvalue weighted by molar-refractivity contribution is -0.154. The SMILES string of the molecule is O=C(COC(=O)C1CCC1)Nc1ccc(S(=O)(=O)N2CCCCCC2)cc1. The number of hydrogen-bond acceptors (Lipinski definition) is 5. The second-order valence-electron chi connectivity index (χ2n) is 7.13. The van der Waals surface area contributed by atoms with Crippen LogP contribution in [0.5, 0.6) is 0 Å². The minimum absolute atomic E-state index is 0.0683. The summed E-state index contributed by atoms with van der Waals surface area (Å²) in [6.45, 7) is 0.767. The number of benzene rings is 1. The van der Waals surface area contributed by atoms with Crippen LogP contribution in [0.15, 0.2) is 29.2 Å². The molecule has 7 nitrogen and oxygen atoms in total. The van der Waals surface area contributed by atoms with E-state index in [9.17, 15) is 18.0 Å². The van der Waals surface area contributed by atoms with Gasteiger partial charge in [0.05, 0.1) is 10.8 Å². The first-order valence-corrected chi connectivity index (χ1v) is 11.0. The van der Waals surface area contributed by atoms with Gasteiger partial charge in [-0.2, -0.15) is 4.31 Å². The van der Waals surface area contributed by atoms with Gasteiger partial charge in [0.1, 0.15) is 0 Å². The Bertz CT molecular complexity index is 764. The van der Waals surface area contributed by atoms with E-state index in [0.717, 1.165) is 44.9 Å². The van der Waals surface area contributed by atoms with Gasteiger partial charge >= 0.3 is 5.97 Å². The van der Waals surface area contributed by atoms with Gasteiger partial charge in [0.2, 0.25) is 10.0 Å². The van der Waals surface area contributed by atoms with E-state index in [1.54, 1.807) is 12.1 Å². The largest absolute Gasteiger partial charge is 0.455 e. The molecule has 1 amide bonds. The van der Waals surface area contributed by atoms with E-state index in [1.165, 1.54) is 16.4 Å². The third-order valence-corrected chi connectivity index (χ3v) is 7.04. The molecule has 1 aromatic carbocycles. The lowest BCUT2D eigenvalue weighted by Gasteiger charge is -2.22. The molecule has 0 bridgehead atoms. The summed E-state index contributed by atoms with van der Waals surface area (Å²) in [7, 11) is -3.51. The molecule has 1 N–H and O–H groups in total. The zero-order valence-electron chi connectivity index (χ0n) is 15.4. The highest BCUT2D eigenvalue weighted by Crippen LogP contribution is 2.27. The summed E-state index contributed by atoms with van der Waals surface area (Å²) in [5.74, 6) is -0.831. The summed E-state index contributed by atoms with van der Waals surface area (Å²) in [6, 6.07) is 6.10. The predicted molar refractivity (Wildman–Crippen MR) is 101 cm³/mol. The molecule has 27 heavy (non-hydrogen) atoms. The molecule has 1 aliphatic heterocycles. The van der Waals surface area contributed by atoms with E-state index in [4.69, 9.17) is 4.74 Å². The quantitative estimate of drug-likeness (QED) is 0.749. The maximum absolute atomic E-state index is 12.7. The molecular formula is C19H26N2O5S. The molecular weight excluding hydrogens is 368 g/mol. The summed E-state index contributed by atoms with van der Waals surface area (Å²) in [5.41, 5.74) is 0.467. The van der Waals surface area contributed by atoms with Crippen LogP contribution in [0.1, 0.15) is 44.9 Å². The van der Waals surface area contributed by atoms with Crippen molar-refractivity contribution in [3.8, 4) is 0 Å². The minimum Gasteiger partial charge on any atom is -0.455 e. The Morgan fingerprint density at radius 3 is 2.19 bits per heavy atom. The van der Waals surface area contributed by atoms with E-state index >= 15 is 0 Å². The van der Waals surface area contributed by atoms with E-state index in [1.807, 2.05) is 0 Å². The van der Waals surface area contributed by atoms with Gasteiger partial charge in [0.15, 0.2) is 6.61 Å². The van der Waals surface area contributed by atoms with Crippen molar-refractivity contribution in [2.75, 3.05) is 25.0 Å². The third kappa shape index (κ3) is 5.07. The molecule has 1 aliphatic carbocycles. The average molecular weight is 394 g/mol. The average Bonchev–Trinajstić information content (AvgIpc) is 2.89. The molecule has 2 fully saturated rings. The van der Waals surface area contributed by atoms with Crippen molar-refractivity contribution < 1.29 is 22.7 Å². The van der Waals surface area contributed by atoms with Crippen molar-refractivity contribution in [3.63, 3.8) is 0 Å². The summed E-state index contributed by atoms with van der Waals surface area (Å²) in [6.07, 6.45) is 6.56. The zero-order chi connectivity index (χ0) is 19.3. The molecule has 1 saturated heterocycles. The van der Waals surface area contributed by atoms with Crippen molar-refractivity contribution in [1.29, 1.82) is 0 Å². The number of amides is 1. The fraction of sp³-hybridized carbons (Fsp3) is 0.579. The zero-order valence-corrected chi connectivity index (χ0v) is 16.2. The number of hydrogen-bond donors (Lipinski definition) is 1. The van der Waals surface area contributed by atoms with Gasteiger partial charge in [-0.1, -0.05) is 19.3 Å². The molecule has 1 heterocycles. The number of ether oxygens (including phenoxy) is 1. The van der Waals surface area contributed by atoms with Crippen molar-refractivity contribution >= 4 is 27.6 Å². The van der Waals surface area contributed by atoms with Crippen molar-refractivity contribution in [2.24, 2.45) is 5.92 Å². The number of sulfonamides is 1. The lowest BCUT2D eigenvalue weighted by Crippen LogP contribution is -2.31. The van der Waals surface area contributed by atoms with Gasteiger partial charge in [-0.25, -0.2) is 8.42 Å². The first-order chi connectivity index (χ1) is 13.0. The van der Waals surface area contributed by atoms with Gasteiger partial charge in [0, 0.05) is 18.8 Å². The van der Waals surface area contributed by atoms with Crippen LogP contribution in [0, 0.1) is 5.92 Å². The monoisotopic (exact) mass is 394 g/mol. The van der Waals surface area contributed by atoms with Crippen LogP contribution in [0.4, 0.5) is 5.69 Å². The van der Waals surface area contributed by atoms with Crippen LogP contribution in [-0.2, 0) is 24.3 Å². The molecule has 0 spiro atoms. The molecule has 2 aliphatic rings. The molecule has 3 rings (SSSR count).